The van der Waals surface area contributed by atoms with Gasteiger partial charge in [0, 0.05) is 11.5 Å². The van der Waals surface area contributed by atoms with Gasteiger partial charge in [-0.1, -0.05) is 11.2 Å². The van der Waals surface area contributed by atoms with E-state index in [1.807, 2.05) is 0 Å². The Kier molecular flexibility index (Phi) is 6.15. The molecule has 1 N–H and O–H groups in total. The first-order valence-corrected chi connectivity index (χ1v) is 6.07. The quantitative estimate of drug-likeness (QED) is 0.377. The number of nitriles is 1. The van der Waals surface area contributed by atoms with Crippen molar-refractivity contribution in [2.75, 3.05) is 13.1 Å². The second kappa shape index (κ2) is 7.67. The zero-order chi connectivity index (χ0) is 13.4. The maximum atomic E-state index is 13.3. The third-order valence-corrected chi connectivity index (χ3v) is 2.90. The van der Waals surface area contributed by atoms with Crippen LogP contribution in [0, 0.1) is 17.1 Å². The molecule has 0 amide bonds. The normalized spacial score (nSPS) is 11.4. The van der Waals surface area contributed by atoms with Gasteiger partial charge in [-0.15, -0.1) is 0 Å². The van der Waals surface area contributed by atoms with Gasteiger partial charge in [-0.05, 0) is 52.1 Å². The molecule has 0 bridgehead atoms. The molecule has 0 aliphatic heterocycles. The number of hydrogen-bond acceptors (Lipinski definition) is 3. The van der Waals surface area contributed by atoms with Crippen LogP contribution in [0.25, 0.3) is 10.4 Å². The summed E-state index contributed by atoms with van der Waals surface area (Å²) in [6.45, 7) is 0.894. The van der Waals surface area contributed by atoms with Gasteiger partial charge in [0.15, 0.2) is 0 Å². The first-order valence-electron chi connectivity index (χ1n) is 5.28. The molecule has 0 radical (unpaired) electrons. The molecule has 1 aromatic rings. The van der Waals surface area contributed by atoms with Gasteiger partial charge in [-0.25, -0.2) is 4.39 Å². The number of nitrogens with one attached hydrogen (secondary N) is 1. The van der Waals surface area contributed by atoms with Crippen molar-refractivity contribution < 1.29 is 4.39 Å². The van der Waals surface area contributed by atoms with Gasteiger partial charge in [-0.2, -0.15) is 5.26 Å². The summed E-state index contributed by atoms with van der Waals surface area (Å²) in [4.78, 5) is 2.63. The van der Waals surface area contributed by atoms with E-state index in [1.165, 1.54) is 6.07 Å². The van der Waals surface area contributed by atoms with Crippen LogP contribution in [-0.4, -0.2) is 13.1 Å². The van der Waals surface area contributed by atoms with Crippen LogP contribution in [0.3, 0.4) is 0 Å². The van der Waals surface area contributed by atoms with Crippen LogP contribution in [0.1, 0.15) is 18.0 Å². The molecule has 0 aliphatic carbocycles. The summed E-state index contributed by atoms with van der Waals surface area (Å²) in [6, 6.07) is 6.05. The summed E-state index contributed by atoms with van der Waals surface area (Å²) in [5.74, 6) is -0.399. The molecule has 0 heterocycles. The SMILES string of the molecule is N#CC(NCCCN=[N+]=[N-])c1ccc(Br)c(F)c1. The monoisotopic (exact) mass is 311 g/mol. The van der Waals surface area contributed by atoms with E-state index in [2.05, 4.69) is 37.3 Å². The standard InChI is InChI=1S/C11H11BrFN5/c12-9-3-2-8(6-10(9)13)11(7-14)16-4-1-5-17-18-15/h2-3,6,11,16H,1,4-5H2. The van der Waals surface area contributed by atoms with Crippen molar-refractivity contribution in [3.05, 3.63) is 44.5 Å². The Morgan fingerprint density at radius 2 is 2.39 bits per heavy atom. The van der Waals surface area contributed by atoms with E-state index in [1.54, 1.807) is 12.1 Å². The lowest BCUT2D eigenvalue weighted by Gasteiger charge is -2.11. The molecular formula is C11H11BrFN5. The highest BCUT2D eigenvalue weighted by atomic mass is 79.9. The van der Waals surface area contributed by atoms with Crippen LogP contribution in [0.2, 0.25) is 0 Å². The lowest BCUT2D eigenvalue weighted by molar-refractivity contribution is 0.591. The molecule has 7 heteroatoms. The van der Waals surface area contributed by atoms with E-state index in [0.717, 1.165) is 0 Å². The molecule has 0 saturated carbocycles. The fourth-order valence-corrected chi connectivity index (χ4v) is 1.62. The molecule has 0 spiro atoms. The molecule has 94 valence electrons. The van der Waals surface area contributed by atoms with Crippen LogP contribution in [0.4, 0.5) is 4.39 Å². The van der Waals surface area contributed by atoms with E-state index in [-0.39, 0.29) is 0 Å². The third kappa shape index (κ3) is 4.34. The van der Waals surface area contributed by atoms with Crippen molar-refractivity contribution in [1.82, 2.24) is 5.32 Å². The number of halogens is 2. The van der Waals surface area contributed by atoms with Crippen molar-refractivity contribution in [1.29, 1.82) is 5.26 Å². The molecule has 1 aromatic carbocycles. The molecule has 1 atom stereocenters. The number of azide groups is 1. The Hall–Kier alpha value is -1.61. The lowest BCUT2D eigenvalue weighted by atomic mass is 10.1. The summed E-state index contributed by atoms with van der Waals surface area (Å²) in [5, 5.41) is 15.4. The topological polar surface area (TPSA) is 84.6 Å². The molecule has 0 fully saturated rings. The molecule has 0 aliphatic rings. The Balaban J connectivity index is 2.58. The number of rotatable bonds is 6. The Labute approximate surface area is 112 Å². The summed E-state index contributed by atoms with van der Waals surface area (Å²) in [5.41, 5.74) is 8.67. The smallest absolute Gasteiger partial charge is 0.137 e. The van der Waals surface area contributed by atoms with Gasteiger partial charge < -0.3 is 0 Å². The van der Waals surface area contributed by atoms with Crippen LogP contribution < -0.4 is 5.32 Å². The van der Waals surface area contributed by atoms with Gasteiger partial charge in [0.1, 0.15) is 11.9 Å². The lowest BCUT2D eigenvalue weighted by Crippen LogP contribution is -2.21. The first kappa shape index (κ1) is 14.5. The van der Waals surface area contributed by atoms with Crippen molar-refractivity contribution in [2.24, 2.45) is 5.11 Å². The molecule has 1 rings (SSSR count). The second-order valence-corrected chi connectivity index (χ2v) is 4.35. The summed E-state index contributed by atoms with van der Waals surface area (Å²) >= 11 is 3.06. The number of hydrogen-bond donors (Lipinski definition) is 1. The molecule has 1 unspecified atom stereocenters. The van der Waals surface area contributed by atoms with Crippen LogP contribution >= 0.6 is 15.9 Å². The largest absolute Gasteiger partial charge is 0.298 e. The summed E-state index contributed by atoms with van der Waals surface area (Å²) in [7, 11) is 0. The minimum Gasteiger partial charge on any atom is -0.298 e. The Morgan fingerprint density at radius 3 is 3.00 bits per heavy atom. The summed E-state index contributed by atoms with van der Waals surface area (Å²) in [6.07, 6.45) is 0.626. The highest BCUT2D eigenvalue weighted by Crippen LogP contribution is 2.20. The van der Waals surface area contributed by atoms with Crippen LogP contribution in [-0.2, 0) is 0 Å². The Morgan fingerprint density at radius 1 is 1.61 bits per heavy atom. The fraction of sp³-hybridized carbons (Fsp3) is 0.364. The predicted molar refractivity (Wildman–Crippen MR) is 69.1 cm³/mol. The second-order valence-electron chi connectivity index (χ2n) is 3.50. The van der Waals surface area contributed by atoms with E-state index >= 15 is 0 Å². The van der Waals surface area contributed by atoms with Crippen molar-refractivity contribution in [3.8, 4) is 6.07 Å². The third-order valence-electron chi connectivity index (χ3n) is 2.25. The maximum Gasteiger partial charge on any atom is 0.137 e. The van der Waals surface area contributed by atoms with Crippen molar-refractivity contribution >= 4 is 15.9 Å². The van der Waals surface area contributed by atoms with Gasteiger partial charge in [0.25, 0.3) is 0 Å². The van der Waals surface area contributed by atoms with Crippen LogP contribution in [0.5, 0.6) is 0 Å². The minimum atomic E-state index is -0.571. The first-order chi connectivity index (χ1) is 8.69. The highest BCUT2D eigenvalue weighted by molar-refractivity contribution is 9.10. The average molecular weight is 312 g/mol. The molecule has 0 aromatic heterocycles. The highest BCUT2D eigenvalue weighted by Gasteiger charge is 2.11. The van der Waals surface area contributed by atoms with Crippen molar-refractivity contribution in [3.63, 3.8) is 0 Å². The Bertz CT molecular complexity index is 493. The van der Waals surface area contributed by atoms with Gasteiger partial charge in [0.2, 0.25) is 0 Å². The van der Waals surface area contributed by atoms with Gasteiger partial charge >= 0.3 is 0 Å². The molecule has 0 saturated heterocycles. The minimum absolute atomic E-state index is 0.367. The zero-order valence-electron chi connectivity index (χ0n) is 9.48. The van der Waals surface area contributed by atoms with Crippen molar-refractivity contribution in [2.45, 2.75) is 12.5 Å². The summed E-state index contributed by atoms with van der Waals surface area (Å²) < 4.78 is 13.7. The van der Waals surface area contributed by atoms with E-state index in [9.17, 15) is 4.39 Å². The number of benzene rings is 1. The molecule has 18 heavy (non-hydrogen) atoms. The zero-order valence-corrected chi connectivity index (χ0v) is 11.1. The van der Waals surface area contributed by atoms with Gasteiger partial charge in [0.05, 0.1) is 10.5 Å². The molecule has 5 nitrogen and oxygen atoms in total. The predicted octanol–water partition coefficient (Wildman–Crippen LogP) is 3.44. The van der Waals surface area contributed by atoms with E-state index in [4.69, 9.17) is 10.8 Å². The maximum absolute atomic E-state index is 13.3. The fourth-order valence-electron chi connectivity index (χ4n) is 1.37. The number of nitrogens with zero attached hydrogens (tertiary/aromatic N) is 4. The molecular weight excluding hydrogens is 301 g/mol. The van der Waals surface area contributed by atoms with E-state index < -0.39 is 11.9 Å². The average Bonchev–Trinajstić information content (AvgIpc) is 2.37. The van der Waals surface area contributed by atoms with E-state index in [0.29, 0.717) is 29.5 Å². The van der Waals surface area contributed by atoms with Gasteiger partial charge in [-0.3, -0.25) is 5.32 Å². The van der Waals surface area contributed by atoms with Crippen LogP contribution in [0.15, 0.2) is 27.8 Å².